The molecule has 4 nitrogen and oxygen atoms in total. The van der Waals surface area contributed by atoms with E-state index in [2.05, 4.69) is 0 Å². The monoisotopic (exact) mass is 228 g/mol. The molecule has 0 heterocycles. The van der Waals surface area contributed by atoms with Gasteiger partial charge in [-0.25, -0.2) is 9.59 Å². The summed E-state index contributed by atoms with van der Waals surface area (Å²) in [6, 6.07) is 0. The van der Waals surface area contributed by atoms with Gasteiger partial charge in [0.2, 0.25) is 0 Å². The van der Waals surface area contributed by atoms with Crippen molar-refractivity contribution in [2.45, 2.75) is 40.5 Å². The lowest BCUT2D eigenvalue weighted by Crippen LogP contribution is -2.16. The van der Waals surface area contributed by atoms with Crippen molar-refractivity contribution in [1.29, 1.82) is 0 Å². The smallest absolute Gasteiger partial charge is 0.334 e. The SMILES string of the molecule is CCOC(=O)/C(CC)=C(\CC)C(=O)OCC. The molecule has 0 aromatic carbocycles. The summed E-state index contributed by atoms with van der Waals surface area (Å²) in [6.45, 7) is 7.73. The average molecular weight is 228 g/mol. The van der Waals surface area contributed by atoms with Crippen LogP contribution in [0.5, 0.6) is 0 Å². The first-order chi connectivity index (χ1) is 7.62. The van der Waals surface area contributed by atoms with Crippen LogP contribution in [0, 0.1) is 0 Å². The summed E-state index contributed by atoms with van der Waals surface area (Å²) < 4.78 is 9.80. The highest BCUT2D eigenvalue weighted by atomic mass is 16.5. The normalized spacial score (nSPS) is 11.8. The zero-order valence-electron chi connectivity index (χ0n) is 10.5. The highest BCUT2D eigenvalue weighted by Gasteiger charge is 2.19. The van der Waals surface area contributed by atoms with Gasteiger partial charge in [-0.2, -0.15) is 0 Å². The molecule has 92 valence electrons. The summed E-state index contributed by atoms with van der Waals surface area (Å²) in [5.41, 5.74) is 0.839. The topological polar surface area (TPSA) is 52.6 Å². The average Bonchev–Trinajstić information content (AvgIpc) is 2.25. The fraction of sp³-hybridized carbons (Fsp3) is 0.667. The molecule has 0 aliphatic heterocycles. The molecule has 0 aliphatic rings. The van der Waals surface area contributed by atoms with Gasteiger partial charge in [-0.1, -0.05) is 13.8 Å². The van der Waals surface area contributed by atoms with Gasteiger partial charge in [0.15, 0.2) is 0 Å². The van der Waals surface area contributed by atoms with Crippen molar-refractivity contribution in [2.24, 2.45) is 0 Å². The predicted octanol–water partition coefficient (Wildman–Crippen LogP) is 2.23. The largest absolute Gasteiger partial charge is 0.463 e. The third-order valence-corrected chi connectivity index (χ3v) is 2.12. The number of hydrogen-bond donors (Lipinski definition) is 0. The molecule has 0 saturated heterocycles. The second-order valence-electron chi connectivity index (χ2n) is 3.11. The van der Waals surface area contributed by atoms with E-state index in [1.165, 1.54) is 0 Å². The standard InChI is InChI=1S/C12H20O4/c1-5-9(11(13)15-7-3)10(6-2)12(14)16-8-4/h5-8H2,1-4H3/b10-9+. The number of carbonyl (C=O) groups excluding carboxylic acids is 2. The van der Waals surface area contributed by atoms with E-state index in [9.17, 15) is 9.59 Å². The quantitative estimate of drug-likeness (QED) is 0.516. The van der Waals surface area contributed by atoms with E-state index in [1.54, 1.807) is 13.8 Å². The Morgan fingerprint density at radius 1 is 0.750 bits per heavy atom. The summed E-state index contributed by atoms with van der Waals surface area (Å²) in [5, 5.41) is 0. The Labute approximate surface area is 96.6 Å². The second kappa shape index (κ2) is 7.91. The second-order valence-corrected chi connectivity index (χ2v) is 3.11. The lowest BCUT2D eigenvalue weighted by atomic mass is 10.0. The maximum absolute atomic E-state index is 11.6. The zero-order chi connectivity index (χ0) is 12.6. The fourth-order valence-corrected chi connectivity index (χ4v) is 1.40. The van der Waals surface area contributed by atoms with Gasteiger partial charge in [0.25, 0.3) is 0 Å². The molecule has 0 amide bonds. The van der Waals surface area contributed by atoms with E-state index in [4.69, 9.17) is 9.47 Å². The Balaban J connectivity index is 5.04. The summed E-state index contributed by atoms with van der Waals surface area (Å²) in [5.74, 6) is -0.843. The molecule has 0 aromatic heterocycles. The molecular formula is C12H20O4. The van der Waals surface area contributed by atoms with Crippen LogP contribution in [0.15, 0.2) is 11.1 Å². The van der Waals surface area contributed by atoms with Gasteiger partial charge in [-0.15, -0.1) is 0 Å². The van der Waals surface area contributed by atoms with E-state index in [1.807, 2.05) is 13.8 Å². The Bertz CT molecular complexity index is 251. The number of carbonyl (C=O) groups is 2. The van der Waals surface area contributed by atoms with Gasteiger partial charge in [0.05, 0.1) is 13.2 Å². The van der Waals surface area contributed by atoms with Crippen LogP contribution in [0.1, 0.15) is 40.5 Å². The van der Waals surface area contributed by atoms with E-state index in [-0.39, 0.29) is 0 Å². The van der Waals surface area contributed by atoms with Crippen molar-refractivity contribution in [3.63, 3.8) is 0 Å². The predicted molar refractivity (Wildman–Crippen MR) is 60.9 cm³/mol. The lowest BCUT2D eigenvalue weighted by molar-refractivity contribution is -0.142. The van der Waals surface area contributed by atoms with Crippen molar-refractivity contribution in [3.05, 3.63) is 11.1 Å². The van der Waals surface area contributed by atoms with Gasteiger partial charge in [-0.3, -0.25) is 0 Å². The van der Waals surface area contributed by atoms with Crippen LogP contribution in [0.3, 0.4) is 0 Å². The highest BCUT2D eigenvalue weighted by molar-refractivity contribution is 6.00. The van der Waals surface area contributed by atoms with Crippen LogP contribution in [-0.4, -0.2) is 25.2 Å². The summed E-state index contributed by atoms with van der Waals surface area (Å²) in [4.78, 5) is 23.2. The first-order valence-electron chi connectivity index (χ1n) is 5.68. The number of hydrogen-bond acceptors (Lipinski definition) is 4. The molecule has 0 aliphatic carbocycles. The van der Waals surface area contributed by atoms with Crippen molar-refractivity contribution in [2.75, 3.05) is 13.2 Å². The van der Waals surface area contributed by atoms with E-state index >= 15 is 0 Å². The van der Waals surface area contributed by atoms with E-state index in [0.29, 0.717) is 37.2 Å². The lowest BCUT2D eigenvalue weighted by Gasteiger charge is -2.10. The molecule has 0 fully saturated rings. The van der Waals surface area contributed by atoms with Crippen LogP contribution >= 0.6 is 0 Å². The highest BCUT2D eigenvalue weighted by Crippen LogP contribution is 2.16. The van der Waals surface area contributed by atoms with Crippen LogP contribution in [0.25, 0.3) is 0 Å². The number of ether oxygens (including phenoxy) is 2. The van der Waals surface area contributed by atoms with Gasteiger partial charge in [0.1, 0.15) is 0 Å². The first kappa shape index (κ1) is 14.7. The molecule has 16 heavy (non-hydrogen) atoms. The Kier molecular flexibility index (Phi) is 7.25. The molecular weight excluding hydrogens is 208 g/mol. The zero-order valence-corrected chi connectivity index (χ0v) is 10.5. The Morgan fingerprint density at radius 3 is 1.25 bits per heavy atom. The van der Waals surface area contributed by atoms with Crippen molar-refractivity contribution in [1.82, 2.24) is 0 Å². The van der Waals surface area contributed by atoms with Crippen LogP contribution in [0.2, 0.25) is 0 Å². The van der Waals surface area contributed by atoms with Crippen LogP contribution < -0.4 is 0 Å². The molecule has 0 spiro atoms. The Hall–Kier alpha value is -1.32. The van der Waals surface area contributed by atoms with Gasteiger partial charge in [0, 0.05) is 11.1 Å². The third-order valence-electron chi connectivity index (χ3n) is 2.12. The summed E-state index contributed by atoms with van der Waals surface area (Å²) in [6.07, 6.45) is 0.946. The Morgan fingerprint density at radius 2 is 1.06 bits per heavy atom. The van der Waals surface area contributed by atoms with E-state index in [0.717, 1.165) is 0 Å². The molecule has 0 radical (unpaired) electrons. The molecule has 0 atom stereocenters. The minimum Gasteiger partial charge on any atom is -0.463 e. The van der Waals surface area contributed by atoms with Crippen LogP contribution in [0.4, 0.5) is 0 Å². The molecule has 0 saturated carbocycles. The van der Waals surface area contributed by atoms with Crippen LogP contribution in [-0.2, 0) is 19.1 Å². The fourth-order valence-electron chi connectivity index (χ4n) is 1.40. The van der Waals surface area contributed by atoms with Crippen molar-refractivity contribution < 1.29 is 19.1 Å². The maximum atomic E-state index is 11.6. The van der Waals surface area contributed by atoms with Gasteiger partial charge >= 0.3 is 11.9 Å². The molecule has 4 heteroatoms. The summed E-state index contributed by atoms with van der Waals surface area (Å²) in [7, 11) is 0. The maximum Gasteiger partial charge on any atom is 0.334 e. The first-order valence-corrected chi connectivity index (χ1v) is 5.68. The molecule has 0 unspecified atom stereocenters. The van der Waals surface area contributed by atoms with Crippen molar-refractivity contribution in [3.8, 4) is 0 Å². The molecule has 0 rings (SSSR count). The minimum absolute atomic E-state index is 0.308. The third kappa shape index (κ3) is 4.04. The van der Waals surface area contributed by atoms with Gasteiger partial charge < -0.3 is 9.47 Å². The molecule has 0 bridgehead atoms. The number of esters is 2. The summed E-state index contributed by atoms with van der Waals surface area (Å²) >= 11 is 0. The van der Waals surface area contributed by atoms with E-state index < -0.39 is 11.9 Å². The van der Waals surface area contributed by atoms with Gasteiger partial charge in [-0.05, 0) is 26.7 Å². The molecule has 0 N–H and O–H groups in total. The van der Waals surface area contributed by atoms with Crippen molar-refractivity contribution >= 4 is 11.9 Å². The minimum atomic E-state index is -0.421. The molecule has 0 aromatic rings. The number of rotatable bonds is 6.